The first-order valence-electron chi connectivity index (χ1n) is 10.3. The number of phenols is 1. The van der Waals surface area contributed by atoms with Gasteiger partial charge in [0.2, 0.25) is 0 Å². The fraction of sp³-hybridized carbons (Fsp3) is 0.375. The number of hydrogen-bond acceptors (Lipinski definition) is 7. The second-order valence-electron chi connectivity index (χ2n) is 9.27. The maximum absolute atomic E-state index is 12.4. The molecule has 170 valence electrons. The third kappa shape index (κ3) is 4.12. The largest absolute Gasteiger partial charge is 0.505 e. The zero-order chi connectivity index (χ0) is 24.0. The average molecular weight is 440 g/mol. The van der Waals surface area contributed by atoms with E-state index < -0.39 is 10.9 Å². The van der Waals surface area contributed by atoms with E-state index in [9.17, 15) is 19.5 Å². The molecule has 0 bridgehead atoms. The maximum atomic E-state index is 12.4. The number of carbonyl (C=O) groups excluding carboxylic acids is 1. The molecule has 8 nitrogen and oxygen atoms in total. The second-order valence-corrected chi connectivity index (χ2v) is 9.27. The summed E-state index contributed by atoms with van der Waals surface area (Å²) in [6.45, 7) is 9.81. The van der Waals surface area contributed by atoms with Crippen molar-refractivity contribution in [1.29, 1.82) is 0 Å². The lowest BCUT2D eigenvalue weighted by molar-refractivity contribution is 0.0824. The van der Waals surface area contributed by atoms with Crippen molar-refractivity contribution in [1.82, 2.24) is 4.90 Å². The van der Waals surface area contributed by atoms with Gasteiger partial charge in [-0.25, -0.2) is 0 Å². The minimum absolute atomic E-state index is 0.0361. The Morgan fingerprint density at radius 3 is 2.25 bits per heavy atom. The maximum Gasteiger partial charge on any atom is 0.257 e. The number of nitrogens with one attached hydrogen (secondary N) is 2. The summed E-state index contributed by atoms with van der Waals surface area (Å²) in [6.07, 6.45) is 0. The van der Waals surface area contributed by atoms with Crippen molar-refractivity contribution in [2.45, 2.75) is 40.7 Å². The molecule has 1 amide bonds. The molecule has 32 heavy (non-hydrogen) atoms. The average Bonchev–Trinajstić information content (AvgIpc) is 3.04. The fourth-order valence-corrected chi connectivity index (χ4v) is 3.44. The molecule has 3 aromatic rings. The molecule has 1 aromatic heterocycles. The zero-order valence-corrected chi connectivity index (χ0v) is 19.4. The summed E-state index contributed by atoms with van der Waals surface area (Å²) in [5, 5.41) is 16.6. The van der Waals surface area contributed by atoms with Gasteiger partial charge >= 0.3 is 0 Å². The van der Waals surface area contributed by atoms with Crippen LogP contribution in [-0.2, 0) is 0 Å². The first-order chi connectivity index (χ1) is 14.8. The molecule has 3 N–H and O–H groups in total. The summed E-state index contributed by atoms with van der Waals surface area (Å²) in [7, 11) is 3.15. The van der Waals surface area contributed by atoms with Crippen molar-refractivity contribution in [3.05, 3.63) is 67.4 Å². The van der Waals surface area contributed by atoms with Gasteiger partial charge in [-0.15, -0.1) is 0 Å². The number of hydrogen-bond donors (Lipinski definition) is 3. The molecular formula is C24H29N3O5. The number of anilines is 3. The third-order valence-electron chi connectivity index (χ3n) is 5.47. The Kier molecular flexibility index (Phi) is 5.91. The highest BCUT2D eigenvalue weighted by atomic mass is 16.3. The molecule has 0 aliphatic carbocycles. The Morgan fingerprint density at radius 2 is 1.72 bits per heavy atom. The summed E-state index contributed by atoms with van der Waals surface area (Å²) in [4.78, 5) is 38.4. The smallest absolute Gasteiger partial charge is 0.257 e. The Morgan fingerprint density at radius 1 is 1.09 bits per heavy atom. The number of nitrogens with zero attached hydrogens (tertiary/aromatic N) is 1. The van der Waals surface area contributed by atoms with E-state index in [2.05, 4.69) is 10.6 Å². The van der Waals surface area contributed by atoms with Gasteiger partial charge in [0.1, 0.15) is 22.9 Å². The number of aromatic hydroxyl groups is 1. The van der Waals surface area contributed by atoms with Crippen molar-refractivity contribution < 1.29 is 14.3 Å². The predicted octanol–water partition coefficient (Wildman–Crippen LogP) is 3.84. The third-order valence-corrected chi connectivity index (χ3v) is 5.47. The molecule has 0 radical (unpaired) electrons. The van der Waals surface area contributed by atoms with Crippen LogP contribution in [0.5, 0.6) is 5.75 Å². The van der Waals surface area contributed by atoms with Gasteiger partial charge in [0.15, 0.2) is 5.75 Å². The van der Waals surface area contributed by atoms with Gasteiger partial charge in [0.25, 0.3) is 16.8 Å². The van der Waals surface area contributed by atoms with E-state index in [-0.39, 0.29) is 45.7 Å². The Balaban J connectivity index is 1.97. The number of rotatable bonds is 6. The normalized spacial score (nSPS) is 12.6. The second kappa shape index (κ2) is 8.18. The number of aryl methyl sites for hydroxylation is 2. The van der Waals surface area contributed by atoms with Crippen molar-refractivity contribution in [2.75, 3.05) is 24.7 Å². The van der Waals surface area contributed by atoms with Crippen LogP contribution in [0, 0.1) is 19.3 Å². The molecule has 1 unspecified atom stereocenters. The first kappa shape index (κ1) is 23.1. The molecule has 0 fully saturated rings. The molecule has 3 rings (SSSR count). The van der Waals surface area contributed by atoms with Crippen LogP contribution in [0.15, 0.2) is 38.3 Å². The van der Waals surface area contributed by atoms with Crippen LogP contribution >= 0.6 is 0 Å². The Labute approximate surface area is 186 Å². The molecule has 0 saturated carbocycles. The number of carbonyl (C=O) groups is 1. The van der Waals surface area contributed by atoms with E-state index in [1.807, 2.05) is 40.7 Å². The van der Waals surface area contributed by atoms with Gasteiger partial charge in [0.05, 0.1) is 17.3 Å². The Hall–Kier alpha value is -3.55. The van der Waals surface area contributed by atoms with Crippen LogP contribution < -0.4 is 21.5 Å². The predicted molar refractivity (Wildman–Crippen MR) is 125 cm³/mol. The van der Waals surface area contributed by atoms with Crippen LogP contribution in [0.4, 0.5) is 17.1 Å². The molecule has 0 aliphatic heterocycles. The van der Waals surface area contributed by atoms with Crippen molar-refractivity contribution in [3.63, 3.8) is 0 Å². The van der Waals surface area contributed by atoms with E-state index in [1.165, 1.54) is 17.0 Å². The monoisotopic (exact) mass is 439 g/mol. The molecule has 8 heteroatoms. The lowest BCUT2D eigenvalue weighted by Crippen LogP contribution is -2.39. The number of para-hydroxylation sites is 1. The van der Waals surface area contributed by atoms with Crippen LogP contribution in [0.25, 0.3) is 0 Å². The molecule has 1 heterocycles. The van der Waals surface area contributed by atoms with E-state index >= 15 is 0 Å². The molecule has 0 saturated heterocycles. The number of phenolic OH excluding ortho intramolecular Hbond substituents is 1. The van der Waals surface area contributed by atoms with Gasteiger partial charge in [-0.1, -0.05) is 26.8 Å². The number of benzene rings is 1. The number of furan rings is 1. The van der Waals surface area contributed by atoms with E-state index in [0.29, 0.717) is 5.76 Å². The summed E-state index contributed by atoms with van der Waals surface area (Å²) in [6, 6.07) is 6.14. The lowest BCUT2D eigenvalue weighted by atomic mass is 9.84. The fourth-order valence-electron chi connectivity index (χ4n) is 3.44. The van der Waals surface area contributed by atoms with Crippen LogP contribution in [-0.4, -0.2) is 30.0 Å². The summed E-state index contributed by atoms with van der Waals surface area (Å²) < 4.78 is 5.89. The van der Waals surface area contributed by atoms with Gasteiger partial charge in [0, 0.05) is 14.1 Å². The molecule has 1 atom stereocenters. The van der Waals surface area contributed by atoms with Gasteiger partial charge < -0.3 is 25.1 Å². The van der Waals surface area contributed by atoms with Crippen molar-refractivity contribution in [2.24, 2.45) is 5.41 Å². The highest BCUT2D eigenvalue weighted by molar-refractivity contribution is 5.99. The van der Waals surface area contributed by atoms with Crippen LogP contribution in [0.1, 0.15) is 54.3 Å². The zero-order valence-electron chi connectivity index (χ0n) is 19.4. The van der Waals surface area contributed by atoms with Crippen LogP contribution in [0.2, 0.25) is 0 Å². The standard InChI is InChI=1S/C24H29N3O5/c1-12-11-16(32-13(12)2)22(24(3,4)5)26-18-17(20(29)21(18)30)25-15-10-8-9-14(19(15)28)23(31)27(6)7/h8-11,22,25-26,28H,1-7H3. The van der Waals surface area contributed by atoms with E-state index in [4.69, 9.17) is 4.42 Å². The van der Waals surface area contributed by atoms with E-state index in [0.717, 1.165) is 11.3 Å². The Bertz CT molecular complexity index is 1220. The first-order valence-corrected chi connectivity index (χ1v) is 10.3. The van der Waals surface area contributed by atoms with Crippen molar-refractivity contribution in [3.8, 4) is 5.75 Å². The minimum atomic E-state index is -0.698. The molecule has 0 aliphatic rings. The van der Waals surface area contributed by atoms with E-state index in [1.54, 1.807) is 20.2 Å². The molecule has 2 aromatic carbocycles. The van der Waals surface area contributed by atoms with Gasteiger partial charge in [-0.05, 0) is 43.0 Å². The minimum Gasteiger partial charge on any atom is -0.505 e. The summed E-state index contributed by atoms with van der Waals surface area (Å²) in [5.41, 5.74) is -0.302. The highest BCUT2D eigenvalue weighted by Crippen LogP contribution is 2.39. The molecular weight excluding hydrogens is 410 g/mol. The van der Waals surface area contributed by atoms with Crippen molar-refractivity contribution >= 4 is 23.0 Å². The number of amides is 1. The SMILES string of the molecule is Cc1cc(C(Nc2c(Nc3cccc(C(=O)N(C)C)c3O)c(=O)c2=O)C(C)(C)C)oc1C. The highest BCUT2D eigenvalue weighted by Gasteiger charge is 2.33. The summed E-state index contributed by atoms with van der Waals surface area (Å²) in [5.74, 6) is 0.764. The topological polar surface area (TPSA) is 112 Å². The lowest BCUT2D eigenvalue weighted by Gasteiger charge is -2.31. The van der Waals surface area contributed by atoms with Gasteiger partial charge in [-0.3, -0.25) is 14.4 Å². The molecule has 0 spiro atoms. The summed E-state index contributed by atoms with van der Waals surface area (Å²) >= 11 is 0. The van der Waals surface area contributed by atoms with Gasteiger partial charge in [-0.2, -0.15) is 0 Å². The quantitative estimate of drug-likeness (QED) is 0.395. The van der Waals surface area contributed by atoms with Crippen LogP contribution in [0.3, 0.4) is 0 Å².